The summed E-state index contributed by atoms with van der Waals surface area (Å²) in [5, 5.41) is 3.32. The average Bonchev–Trinajstić information content (AvgIpc) is 2.55. The molecule has 1 aliphatic rings. The molecule has 0 bridgehead atoms. The summed E-state index contributed by atoms with van der Waals surface area (Å²) in [6.07, 6.45) is 2.72. The highest BCUT2D eigenvalue weighted by molar-refractivity contribution is 5.27. The smallest absolute Gasteiger partial charge is 0.119 e. The number of hydrogen-bond donors (Lipinski definition) is 1. The topological polar surface area (TPSA) is 33.7 Å². The number of rotatable bonds is 8. The molecule has 0 aliphatic carbocycles. The van der Waals surface area contributed by atoms with Crippen LogP contribution >= 0.6 is 0 Å². The van der Waals surface area contributed by atoms with E-state index in [4.69, 9.17) is 9.47 Å². The van der Waals surface area contributed by atoms with Gasteiger partial charge in [0.15, 0.2) is 0 Å². The number of nitrogens with zero attached hydrogens (tertiary/aromatic N) is 1. The maximum Gasteiger partial charge on any atom is 0.119 e. The fourth-order valence-corrected chi connectivity index (χ4v) is 2.63. The summed E-state index contributed by atoms with van der Waals surface area (Å²) in [5.41, 5.74) is 1.30. The van der Waals surface area contributed by atoms with E-state index in [1.807, 2.05) is 7.11 Å². The van der Waals surface area contributed by atoms with Gasteiger partial charge in [0.1, 0.15) is 12.4 Å². The second-order valence-corrected chi connectivity index (χ2v) is 5.55. The Hall–Kier alpha value is -1.10. The van der Waals surface area contributed by atoms with Gasteiger partial charge in [-0.3, -0.25) is 4.90 Å². The molecule has 1 aliphatic heterocycles. The van der Waals surface area contributed by atoms with Crippen LogP contribution in [0.4, 0.5) is 0 Å². The minimum Gasteiger partial charge on any atom is -0.492 e. The molecule has 118 valence electrons. The highest BCUT2D eigenvalue weighted by atomic mass is 16.5. The first-order chi connectivity index (χ1) is 10.3. The molecular formula is C17H28N2O2. The van der Waals surface area contributed by atoms with Crippen LogP contribution < -0.4 is 10.1 Å². The van der Waals surface area contributed by atoms with Crippen molar-refractivity contribution in [3.8, 4) is 5.75 Å². The number of methoxy groups -OCH3 is 1. The molecule has 0 unspecified atom stereocenters. The summed E-state index contributed by atoms with van der Waals surface area (Å²) < 4.78 is 11.2. The third-order valence-corrected chi connectivity index (χ3v) is 4.05. The standard InChI is InChI=1S/C17H28N2O2/c1-3-18-14-15-4-6-17(7-5-15)21-13-12-19-10-8-16(20-2)9-11-19/h4-7,16,18H,3,8-14H2,1-2H3. The predicted octanol–water partition coefficient (Wildman–Crippen LogP) is 2.29. The second-order valence-electron chi connectivity index (χ2n) is 5.55. The van der Waals surface area contributed by atoms with Gasteiger partial charge in [-0.1, -0.05) is 19.1 Å². The second kappa shape index (κ2) is 9.03. The summed E-state index contributed by atoms with van der Waals surface area (Å²) in [6, 6.07) is 8.37. The third-order valence-electron chi connectivity index (χ3n) is 4.05. The van der Waals surface area contributed by atoms with Crippen molar-refractivity contribution < 1.29 is 9.47 Å². The first-order valence-corrected chi connectivity index (χ1v) is 7.99. The molecule has 21 heavy (non-hydrogen) atoms. The van der Waals surface area contributed by atoms with Gasteiger partial charge in [0.05, 0.1) is 6.10 Å². The fourth-order valence-electron chi connectivity index (χ4n) is 2.63. The van der Waals surface area contributed by atoms with Crippen molar-refractivity contribution in [3.05, 3.63) is 29.8 Å². The number of nitrogens with one attached hydrogen (secondary N) is 1. The Balaban J connectivity index is 1.64. The third kappa shape index (κ3) is 5.65. The maximum absolute atomic E-state index is 5.83. The molecule has 1 aromatic carbocycles. The zero-order valence-electron chi connectivity index (χ0n) is 13.3. The first kappa shape index (κ1) is 16.3. The van der Waals surface area contributed by atoms with Gasteiger partial charge in [0.2, 0.25) is 0 Å². The van der Waals surface area contributed by atoms with Crippen LogP contribution in [0.25, 0.3) is 0 Å². The molecule has 0 saturated carbocycles. The molecule has 0 atom stereocenters. The Bertz CT molecular complexity index is 386. The van der Waals surface area contributed by atoms with Crippen LogP contribution in [-0.2, 0) is 11.3 Å². The predicted molar refractivity (Wildman–Crippen MR) is 85.8 cm³/mol. The van der Waals surface area contributed by atoms with Crippen molar-refractivity contribution in [2.75, 3.05) is 39.9 Å². The van der Waals surface area contributed by atoms with Crippen LogP contribution in [0, 0.1) is 0 Å². The SMILES string of the molecule is CCNCc1ccc(OCCN2CCC(OC)CC2)cc1. The summed E-state index contributed by atoms with van der Waals surface area (Å²) in [7, 11) is 1.81. The Morgan fingerprint density at radius 3 is 2.52 bits per heavy atom. The number of ether oxygens (including phenoxy) is 2. The number of piperidine rings is 1. The van der Waals surface area contributed by atoms with Gasteiger partial charge in [-0.05, 0) is 37.1 Å². The molecule has 0 spiro atoms. The molecule has 4 heteroatoms. The van der Waals surface area contributed by atoms with Crippen molar-refractivity contribution in [2.45, 2.75) is 32.4 Å². The monoisotopic (exact) mass is 292 g/mol. The van der Waals surface area contributed by atoms with E-state index in [-0.39, 0.29) is 0 Å². The fraction of sp³-hybridized carbons (Fsp3) is 0.647. The van der Waals surface area contributed by atoms with E-state index in [1.54, 1.807) is 0 Å². The first-order valence-electron chi connectivity index (χ1n) is 7.99. The van der Waals surface area contributed by atoms with Crippen LogP contribution in [0.1, 0.15) is 25.3 Å². The highest BCUT2D eigenvalue weighted by Gasteiger charge is 2.18. The molecule has 4 nitrogen and oxygen atoms in total. The van der Waals surface area contributed by atoms with Crippen LogP contribution in [0.2, 0.25) is 0 Å². The Morgan fingerprint density at radius 2 is 1.90 bits per heavy atom. The van der Waals surface area contributed by atoms with Crippen molar-refractivity contribution in [1.29, 1.82) is 0 Å². The molecule has 1 heterocycles. The molecule has 1 aromatic rings. The Labute approximate surface area is 128 Å². The quantitative estimate of drug-likeness (QED) is 0.797. The molecule has 1 N–H and O–H groups in total. The lowest BCUT2D eigenvalue weighted by Crippen LogP contribution is -2.38. The normalized spacial score (nSPS) is 17.0. The Kier molecular flexibility index (Phi) is 7.00. The van der Waals surface area contributed by atoms with Gasteiger partial charge < -0.3 is 14.8 Å². The number of benzene rings is 1. The van der Waals surface area contributed by atoms with Gasteiger partial charge in [0.25, 0.3) is 0 Å². The highest BCUT2D eigenvalue weighted by Crippen LogP contribution is 2.14. The average molecular weight is 292 g/mol. The molecule has 0 radical (unpaired) electrons. The van der Waals surface area contributed by atoms with Crippen LogP contribution in [0.3, 0.4) is 0 Å². The molecule has 1 saturated heterocycles. The number of likely N-dealkylation sites (tertiary alicyclic amines) is 1. The van der Waals surface area contributed by atoms with E-state index in [1.165, 1.54) is 5.56 Å². The Morgan fingerprint density at radius 1 is 1.19 bits per heavy atom. The van der Waals surface area contributed by atoms with E-state index in [9.17, 15) is 0 Å². The van der Waals surface area contributed by atoms with Gasteiger partial charge in [-0.15, -0.1) is 0 Å². The van der Waals surface area contributed by atoms with E-state index in [0.717, 1.165) is 57.9 Å². The lowest BCUT2D eigenvalue weighted by Gasteiger charge is -2.30. The van der Waals surface area contributed by atoms with Crippen molar-refractivity contribution in [3.63, 3.8) is 0 Å². The zero-order valence-corrected chi connectivity index (χ0v) is 13.3. The van der Waals surface area contributed by atoms with E-state index in [2.05, 4.69) is 41.4 Å². The number of hydrogen-bond acceptors (Lipinski definition) is 4. The minimum absolute atomic E-state index is 0.450. The minimum atomic E-state index is 0.450. The van der Waals surface area contributed by atoms with Crippen LogP contribution in [0.5, 0.6) is 5.75 Å². The molecule has 1 fully saturated rings. The summed E-state index contributed by atoms with van der Waals surface area (Å²) >= 11 is 0. The summed E-state index contributed by atoms with van der Waals surface area (Å²) in [5.74, 6) is 0.960. The largest absolute Gasteiger partial charge is 0.492 e. The lowest BCUT2D eigenvalue weighted by molar-refractivity contribution is 0.0375. The van der Waals surface area contributed by atoms with E-state index in [0.29, 0.717) is 6.10 Å². The molecule has 2 rings (SSSR count). The van der Waals surface area contributed by atoms with Crippen LogP contribution in [-0.4, -0.2) is 50.9 Å². The maximum atomic E-state index is 5.83. The van der Waals surface area contributed by atoms with Crippen molar-refractivity contribution >= 4 is 0 Å². The van der Waals surface area contributed by atoms with E-state index < -0.39 is 0 Å². The van der Waals surface area contributed by atoms with Crippen molar-refractivity contribution in [2.24, 2.45) is 0 Å². The summed E-state index contributed by atoms with van der Waals surface area (Å²) in [6.45, 7) is 8.02. The van der Waals surface area contributed by atoms with Crippen LogP contribution in [0.15, 0.2) is 24.3 Å². The van der Waals surface area contributed by atoms with Gasteiger partial charge in [-0.2, -0.15) is 0 Å². The summed E-state index contributed by atoms with van der Waals surface area (Å²) in [4.78, 5) is 2.45. The molecule has 0 aromatic heterocycles. The van der Waals surface area contributed by atoms with Gasteiger partial charge in [-0.25, -0.2) is 0 Å². The lowest BCUT2D eigenvalue weighted by atomic mass is 10.1. The van der Waals surface area contributed by atoms with E-state index >= 15 is 0 Å². The van der Waals surface area contributed by atoms with Gasteiger partial charge >= 0.3 is 0 Å². The molecule has 0 amide bonds. The van der Waals surface area contributed by atoms with Crippen molar-refractivity contribution in [1.82, 2.24) is 10.2 Å². The zero-order chi connectivity index (χ0) is 14.9. The molecular weight excluding hydrogens is 264 g/mol. The van der Waals surface area contributed by atoms with Gasteiger partial charge in [0, 0.05) is 33.3 Å².